The molecule has 0 radical (unpaired) electrons. The maximum absolute atomic E-state index is 6.77. The standard InChI is InChI=1S/C50H30OS/c1-3-16-32(17-4-1)44-48-42(51-49(44)33-18-5-2-6-19-33)30-29-41-47-40(27-14-28-43(47)52-50(41)48)46-38-24-11-9-22-36(38)45(37-23-10-12-25-39(37)46)35-26-13-20-31-15-7-8-21-34(31)35/h1-30H. The summed E-state index contributed by atoms with van der Waals surface area (Å²) in [5.74, 6) is 0.910. The first-order chi connectivity index (χ1) is 25.8. The minimum atomic E-state index is 0.910. The molecule has 2 aromatic heterocycles. The van der Waals surface area contributed by atoms with Gasteiger partial charge in [0.25, 0.3) is 0 Å². The average molecular weight is 679 g/mol. The molecule has 242 valence electrons. The maximum Gasteiger partial charge on any atom is 0.143 e. The highest BCUT2D eigenvalue weighted by Gasteiger charge is 2.24. The number of benzene rings is 9. The summed E-state index contributed by atoms with van der Waals surface area (Å²) in [5.41, 5.74) is 9.39. The largest absolute Gasteiger partial charge is 0.455 e. The van der Waals surface area contributed by atoms with Crippen molar-refractivity contribution in [3.8, 4) is 44.7 Å². The zero-order chi connectivity index (χ0) is 34.2. The van der Waals surface area contributed by atoms with Gasteiger partial charge in [-0.15, -0.1) is 11.3 Å². The fraction of sp³-hybridized carbons (Fsp3) is 0. The summed E-state index contributed by atoms with van der Waals surface area (Å²) >= 11 is 1.87. The second-order valence-electron chi connectivity index (χ2n) is 13.5. The SMILES string of the molecule is c1ccc(-c2oc3ccc4c(sc5cccc(-c6c7ccccc7c(-c7cccc8ccccc78)c7ccccc67)c54)c3c2-c2ccccc2)cc1. The molecule has 0 unspecified atom stereocenters. The lowest BCUT2D eigenvalue weighted by atomic mass is 9.84. The van der Waals surface area contributed by atoms with Gasteiger partial charge in [-0.3, -0.25) is 0 Å². The van der Waals surface area contributed by atoms with Crippen molar-refractivity contribution in [2.45, 2.75) is 0 Å². The topological polar surface area (TPSA) is 13.1 Å². The van der Waals surface area contributed by atoms with Crippen molar-refractivity contribution in [3.05, 3.63) is 182 Å². The molecule has 0 atom stereocenters. The maximum atomic E-state index is 6.77. The van der Waals surface area contributed by atoms with Crippen LogP contribution in [0.25, 0.3) is 108 Å². The molecule has 1 nitrogen and oxygen atoms in total. The van der Waals surface area contributed by atoms with Gasteiger partial charge >= 0.3 is 0 Å². The van der Waals surface area contributed by atoms with Gasteiger partial charge in [-0.1, -0.05) is 164 Å². The van der Waals surface area contributed by atoms with Gasteiger partial charge in [0.05, 0.1) is 0 Å². The average Bonchev–Trinajstić information content (AvgIpc) is 3.80. The lowest BCUT2D eigenvalue weighted by molar-refractivity contribution is 0.632. The lowest BCUT2D eigenvalue weighted by Gasteiger charge is -2.19. The highest BCUT2D eigenvalue weighted by atomic mass is 32.1. The van der Waals surface area contributed by atoms with Crippen LogP contribution in [0.1, 0.15) is 0 Å². The molecule has 0 saturated carbocycles. The Hall–Kier alpha value is -6.48. The third-order valence-corrected chi connectivity index (χ3v) is 11.9. The van der Waals surface area contributed by atoms with Gasteiger partial charge < -0.3 is 4.42 Å². The third kappa shape index (κ3) is 4.28. The molecular formula is C50H30OS. The molecule has 2 heteroatoms. The zero-order valence-corrected chi connectivity index (χ0v) is 29.0. The van der Waals surface area contributed by atoms with E-state index in [1.165, 1.54) is 80.1 Å². The molecule has 0 aliphatic rings. The summed E-state index contributed by atoms with van der Waals surface area (Å²) in [6.07, 6.45) is 0. The van der Waals surface area contributed by atoms with Crippen LogP contribution in [0.2, 0.25) is 0 Å². The highest BCUT2D eigenvalue weighted by molar-refractivity contribution is 7.26. The Kier molecular flexibility index (Phi) is 6.49. The smallest absolute Gasteiger partial charge is 0.143 e. The van der Waals surface area contributed by atoms with Crippen LogP contribution >= 0.6 is 11.3 Å². The van der Waals surface area contributed by atoms with Gasteiger partial charge in [-0.2, -0.15) is 0 Å². The lowest BCUT2D eigenvalue weighted by Crippen LogP contribution is -1.92. The van der Waals surface area contributed by atoms with E-state index >= 15 is 0 Å². The first-order valence-corrected chi connectivity index (χ1v) is 18.6. The Morgan fingerprint density at radius 2 is 0.885 bits per heavy atom. The molecule has 11 aromatic rings. The van der Waals surface area contributed by atoms with Gasteiger partial charge in [-0.05, 0) is 78.3 Å². The van der Waals surface area contributed by atoms with E-state index in [0.29, 0.717) is 0 Å². The normalized spacial score (nSPS) is 11.8. The van der Waals surface area contributed by atoms with Crippen molar-refractivity contribution in [3.63, 3.8) is 0 Å². The monoisotopic (exact) mass is 678 g/mol. The molecular weight excluding hydrogens is 649 g/mol. The van der Waals surface area contributed by atoms with Crippen LogP contribution in [0.5, 0.6) is 0 Å². The fourth-order valence-corrected chi connectivity index (χ4v) is 9.77. The molecule has 9 aromatic carbocycles. The Balaban J connectivity index is 1.26. The number of hydrogen-bond acceptors (Lipinski definition) is 2. The van der Waals surface area contributed by atoms with Crippen molar-refractivity contribution in [2.75, 3.05) is 0 Å². The van der Waals surface area contributed by atoms with Gasteiger partial charge in [0.15, 0.2) is 0 Å². The van der Waals surface area contributed by atoms with E-state index in [2.05, 4.69) is 182 Å². The highest BCUT2D eigenvalue weighted by Crippen LogP contribution is 2.52. The van der Waals surface area contributed by atoms with Gasteiger partial charge in [0, 0.05) is 36.7 Å². The number of rotatable bonds is 4. The van der Waals surface area contributed by atoms with Crippen molar-refractivity contribution in [1.29, 1.82) is 0 Å². The number of hydrogen-bond donors (Lipinski definition) is 0. The van der Waals surface area contributed by atoms with E-state index in [1.54, 1.807) is 0 Å². The molecule has 52 heavy (non-hydrogen) atoms. The van der Waals surface area contributed by atoms with Crippen LogP contribution in [0, 0.1) is 0 Å². The number of furan rings is 1. The molecule has 0 bridgehead atoms. The second-order valence-corrected chi connectivity index (χ2v) is 14.6. The molecule has 2 heterocycles. The van der Waals surface area contributed by atoms with Gasteiger partial charge in [0.1, 0.15) is 11.3 Å². The van der Waals surface area contributed by atoms with Crippen molar-refractivity contribution in [1.82, 2.24) is 0 Å². The van der Waals surface area contributed by atoms with Gasteiger partial charge in [-0.25, -0.2) is 0 Å². The summed E-state index contributed by atoms with van der Waals surface area (Å²) in [6.45, 7) is 0. The molecule has 0 amide bonds. The Morgan fingerprint density at radius 3 is 1.58 bits per heavy atom. The molecule has 0 saturated heterocycles. The predicted molar refractivity (Wildman–Crippen MR) is 223 cm³/mol. The summed E-state index contributed by atoms with van der Waals surface area (Å²) < 4.78 is 9.29. The summed E-state index contributed by atoms with van der Waals surface area (Å²) in [7, 11) is 0. The van der Waals surface area contributed by atoms with Crippen LogP contribution in [0.15, 0.2) is 186 Å². The Labute approximate surface area is 304 Å². The Morgan fingerprint density at radius 1 is 0.346 bits per heavy atom. The fourth-order valence-electron chi connectivity index (χ4n) is 8.50. The summed E-state index contributed by atoms with van der Waals surface area (Å²) in [5, 5.41) is 11.3. The van der Waals surface area contributed by atoms with Crippen LogP contribution in [-0.2, 0) is 0 Å². The van der Waals surface area contributed by atoms with Gasteiger partial charge in [0.2, 0.25) is 0 Å². The number of fused-ring (bicyclic) bond motifs is 8. The molecule has 0 N–H and O–H groups in total. The quantitative estimate of drug-likeness (QED) is 0.169. The second kappa shape index (κ2) is 11.5. The van der Waals surface area contributed by atoms with Crippen LogP contribution in [0.4, 0.5) is 0 Å². The molecule has 0 spiro atoms. The van der Waals surface area contributed by atoms with Crippen molar-refractivity contribution >= 4 is 74.8 Å². The van der Waals surface area contributed by atoms with Crippen LogP contribution in [0.3, 0.4) is 0 Å². The molecule has 0 fully saturated rings. The zero-order valence-electron chi connectivity index (χ0n) is 28.1. The van der Waals surface area contributed by atoms with E-state index in [1.807, 2.05) is 11.3 Å². The third-order valence-electron chi connectivity index (χ3n) is 10.7. The summed E-state index contributed by atoms with van der Waals surface area (Å²) in [6, 6.07) is 65.9. The summed E-state index contributed by atoms with van der Waals surface area (Å²) in [4.78, 5) is 0. The van der Waals surface area contributed by atoms with Crippen molar-refractivity contribution in [2.24, 2.45) is 0 Å². The van der Waals surface area contributed by atoms with Crippen molar-refractivity contribution < 1.29 is 4.42 Å². The van der Waals surface area contributed by atoms with E-state index in [9.17, 15) is 0 Å². The first-order valence-electron chi connectivity index (χ1n) is 17.8. The van der Waals surface area contributed by atoms with E-state index < -0.39 is 0 Å². The number of thiophene rings is 1. The minimum Gasteiger partial charge on any atom is -0.455 e. The first kappa shape index (κ1) is 29.3. The van der Waals surface area contributed by atoms with E-state index in [4.69, 9.17) is 4.42 Å². The van der Waals surface area contributed by atoms with E-state index in [0.717, 1.165) is 28.0 Å². The Bertz CT molecular complexity index is 3100. The molecule has 0 aliphatic heterocycles. The molecule has 11 rings (SSSR count). The molecule has 0 aliphatic carbocycles. The van der Waals surface area contributed by atoms with E-state index in [-0.39, 0.29) is 0 Å². The van der Waals surface area contributed by atoms with Crippen LogP contribution in [-0.4, -0.2) is 0 Å². The van der Waals surface area contributed by atoms with Crippen LogP contribution < -0.4 is 0 Å². The predicted octanol–water partition coefficient (Wildman–Crippen LogP) is 14.9. The minimum absolute atomic E-state index is 0.910.